The summed E-state index contributed by atoms with van der Waals surface area (Å²) in [4.78, 5) is 18.5. The second kappa shape index (κ2) is 14.7. The summed E-state index contributed by atoms with van der Waals surface area (Å²) >= 11 is 0. The van der Waals surface area contributed by atoms with Crippen LogP contribution in [-0.2, 0) is 38.9 Å². The first kappa shape index (κ1) is 33.3. The molecule has 12 nitrogen and oxygen atoms in total. The van der Waals surface area contributed by atoms with Gasteiger partial charge in [0.2, 0.25) is 21.8 Å². The zero-order valence-electron chi connectivity index (χ0n) is 27.7. The van der Waals surface area contributed by atoms with Crippen LogP contribution in [0.5, 0.6) is 0 Å². The van der Waals surface area contributed by atoms with Crippen LogP contribution in [0.25, 0.3) is 33.5 Å². The summed E-state index contributed by atoms with van der Waals surface area (Å²) in [5, 5.41) is 17.6. The van der Waals surface area contributed by atoms with E-state index in [0.717, 1.165) is 46.5 Å². The second-order valence-electron chi connectivity index (χ2n) is 12.3. The third-order valence-electron chi connectivity index (χ3n) is 8.87. The number of nitrogens with one attached hydrogen (secondary N) is 2. The first-order chi connectivity index (χ1) is 24.4. The summed E-state index contributed by atoms with van der Waals surface area (Å²) in [6, 6.07) is 28.9. The highest BCUT2D eigenvalue weighted by molar-refractivity contribution is 7.89. The highest BCUT2D eigenvalue weighted by atomic mass is 32.2. The van der Waals surface area contributed by atoms with E-state index in [4.69, 9.17) is 9.72 Å². The number of hydrogen-bond acceptors (Lipinski definition) is 8. The van der Waals surface area contributed by atoms with Crippen molar-refractivity contribution in [1.29, 1.82) is 0 Å². The topological polar surface area (TPSA) is 148 Å². The molecule has 0 atom stereocenters. The second-order valence-corrected chi connectivity index (χ2v) is 14.2. The van der Waals surface area contributed by atoms with Crippen molar-refractivity contribution in [2.75, 3.05) is 31.6 Å². The van der Waals surface area contributed by atoms with Gasteiger partial charge < -0.3 is 14.6 Å². The summed E-state index contributed by atoms with van der Waals surface area (Å²) in [6.07, 6.45) is 2.72. The van der Waals surface area contributed by atoms with Crippen LogP contribution in [0.15, 0.2) is 95.9 Å². The Morgan fingerprint density at radius 3 is 2.38 bits per heavy atom. The van der Waals surface area contributed by atoms with Crippen LogP contribution < -0.4 is 5.32 Å². The van der Waals surface area contributed by atoms with E-state index in [9.17, 15) is 13.2 Å². The van der Waals surface area contributed by atoms with Crippen LogP contribution >= 0.6 is 0 Å². The molecule has 3 heterocycles. The van der Waals surface area contributed by atoms with Gasteiger partial charge in [-0.15, -0.1) is 10.2 Å². The van der Waals surface area contributed by atoms with Gasteiger partial charge in [0, 0.05) is 31.6 Å². The number of H-pyrrole nitrogens is 1. The standard InChI is InChI=1S/C37H38N8O4S/c1-2-3-13-34-39-36-32(38-35(46)22-26-9-5-4-6-10-26)23-29(50(47,48)44-18-20-49-21-19-44)24-33(36)45(34)25-27-14-16-28(17-15-27)30-11-7-8-12-31(30)37-40-42-43-41-37/h4-12,14-17,23-24H,2-3,13,18-22,25H2,1H3,(H,38,46)(H,40,41,42,43). The van der Waals surface area contributed by atoms with Crippen molar-refractivity contribution < 1.29 is 17.9 Å². The van der Waals surface area contributed by atoms with Gasteiger partial charge in [0.05, 0.1) is 35.7 Å². The fourth-order valence-corrected chi connectivity index (χ4v) is 7.74. The van der Waals surface area contributed by atoms with Gasteiger partial charge in [-0.3, -0.25) is 4.79 Å². The fraction of sp³-hybridized carbons (Fsp3) is 0.270. The zero-order valence-corrected chi connectivity index (χ0v) is 28.6. The van der Waals surface area contributed by atoms with Gasteiger partial charge in [-0.1, -0.05) is 92.2 Å². The zero-order chi connectivity index (χ0) is 34.5. The van der Waals surface area contributed by atoms with Gasteiger partial charge in [-0.25, -0.2) is 13.4 Å². The average Bonchev–Trinajstić information content (AvgIpc) is 3.81. The summed E-state index contributed by atoms with van der Waals surface area (Å²) in [6.45, 7) is 3.77. The molecule has 0 radical (unpaired) electrons. The van der Waals surface area contributed by atoms with E-state index in [1.165, 1.54) is 4.31 Å². The molecule has 0 unspecified atom stereocenters. The van der Waals surface area contributed by atoms with E-state index in [1.54, 1.807) is 12.1 Å². The number of carbonyl (C=O) groups excluding carboxylic acids is 1. The minimum atomic E-state index is -3.88. The predicted octanol–water partition coefficient (Wildman–Crippen LogP) is 5.48. The Labute approximate surface area is 290 Å². The lowest BCUT2D eigenvalue weighted by molar-refractivity contribution is -0.115. The molecule has 1 aliphatic heterocycles. The van der Waals surface area contributed by atoms with E-state index in [1.807, 2.05) is 54.6 Å². The highest BCUT2D eigenvalue weighted by Gasteiger charge is 2.29. The predicted molar refractivity (Wildman–Crippen MR) is 191 cm³/mol. The number of ether oxygens (including phenoxy) is 1. The number of amides is 1. The van der Waals surface area contributed by atoms with Crippen molar-refractivity contribution in [2.24, 2.45) is 0 Å². The number of unbranched alkanes of at least 4 members (excludes halogenated alkanes) is 1. The monoisotopic (exact) mass is 690 g/mol. The average molecular weight is 691 g/mol. The molecular formula is C37H38N8O4S. The van der Waals surface area contributed by atoms with E-state index >= 15 is 0 Å². The van der Waals surface area contributed by atoms with Gasteiger partial charge >= 0.3 is 0 Å². The van der Waals surface area contributed by atoms with Crippen molar-refractivity contribution in [3.8, 4) is 22.5 Å². The first-order valence-corrected chi connectivity index (χ1v) is 18.2. The molecule has 1 aliphatic rings. The summed E-state index contributed by atoms with van der Waals surface area (Å²) < 4.78 is 37.0. The number of benzene rings is 4. The smallest absolute Gasteiger partial charge is 0.243 e. The van der Waals surface area contributed by atoms with Crippen LogP contribution in [0.4, 0.5) is 5.69 Å². The SMILES string of the molecule is CCCCc1nc2c(NC(=O)Cc3ccccc3)cc(S(=O)(=O)N3CCOCC3)cc2n1Cc1ccc(-c2ccccc2-c2nn[nH]n2)cc1. The molecule has 0 spiro atoms. The third-order valence-corrected chi connectivity index (χ3v) is 10.7. The number of imidazole rings is 1. The number of anilines is 1. The maximum absolute atomic E-state index is 14.0. The van der Waals surface area contributed by atoms with Crippen molar-refractivity contribution >= 4 is 32.7 Å². The van der Waals surface area contributed by atoms with E-state index in [0.29, 0.717) is 48.7 Å². The third kappa shape index (κ3) is 7.06. The normalized spacial score (nSPS) is 13.9. The van der Waals surface area contributed by atoms with Crippen LogP contribution in [0.1, 0.15) is 36.7 Å². The number of tetrazole rings is 1. The summed E-state index contributed by atoms with van der Waals surface area (Å²) in [5.74, 6) is 1.09. The lowest BCUT2D eigenvalue weighted by Crippen LogP contribution is -2.40. The summed E-state index contributed by atoms with van der Waals surface area (Å²) in [5.41, 5.74) is 6.29. The molecule has 1 fully saturated rings. The molecule has 1 amide bonds. The van der Waals surface area contributed by atoms with Crippen molar-refractivity contribution in [1.82, 2.24) is 34.5 Å². The minimum absolute atomic E-state index is 0.110. The molecule has 2 aromatic heterocycles. The van der Waals surface area contributed by atoms with Gasteiger partial charge in [-0.05, 0) is 46.0 Å². The van der Waals surface area contributed by atoms with Crippen molar-refractivity contribution in [3.63, 3.8) is 0 Å². The molecule has 2 N–H and O–H groups in total. The molecule has 1 saturated heterocycles. The number of aromatic amines is 1. The van der Waals surface area contributed by atoms with E-state index in [-0.39, 0.29) is 30.3 Å². The molecule has 6 aromatic rings. The number of hydrogen-bond donors (Lipinski definition) is 2. The lowest BCUT2D eigenvalue weighted by Gasteiger charge is -2.26. The van der Waals surface area contributed by atoms with Crippen molar-refractivity contribution in [3.05, 3.63) is 108 Å². The highest BCUT2D eigenvalue weighted by Crippen LogP contribution is 2.33. The minimum Gasteiger partial charge on any atom is -0.379 e. The lowest BCUT2D eigenvalue weighted by atomic mass is 9.98. The number of aromatic nitrogens is 6. The number of sulfonamides is 1. The largest absolute Gasteiger partial charge is 0.379 e. The van der Waals surface area contributed by atoms with Gasteiger partial charge in [0.1, 0.15) is 11.3 Å². The molecule has 0 saturated carbocycles. The van der Waals surface area contributed by atoms with Crippen LogP contribution in [0.2, 0.25) is 0 Å². The fourth-order valence-electron chi connectivity index (χ4n) is 6.28. The molecule has 256 valence electrons. The van der Waals surface area contributed by atoms with Crippen LogP contribution in [0.3, 0.4) is 0 Å². The van der Waals surface area contributed by atoms with E-state index < -0.39 is 10.0 Å². The number of nitrogens with zero attached hydrogens (tertiary/aromatic N) is 6. The molecule has 4 aromatic carbocycles. The maximum Gasteiger partial charge on any atom is 0.243 e. The van der Waals surface area contributed by atoms with Gasteiger partial charge in [0.25, 0.3) is 0 Å². The number of aryl methyl sites for hydroxylation is 1. The Kier molecular flexibility index (Phi) is 9.78. The quantitative estimate of drug-likeness (QED) is 0.172. The first-order valence-electron chi connectivity index (χ1n) is 16.8. The number of morpholine rings is 1. The maximum atomic E-state index is 14.0. The molecule has 0 aliphatic carbocycles. The van der Waals surface area contributed by atoms with Gasteiger partial charge in [-0.2, -0.15) is 9.52 Å². The Morgan fingerprint density at radius 2 is 1.66 bits per heavy atom. The molecule has 50 heavy (non-hydrogen) atoms. The Balaban J connectivity index is 1.28. The molecule has 7 rings (SSSR count). The van der Waals surface area contributed by atoms with Crippen LogP contribution in [0, 0.1) is 0 Å². The summed E-state index contributed by atoms with van der Waals surface area (Å²) in [7, 11) is -3.88. The Morgan fingerprint density at radius 1 is 0.920 bits per heavy atom. The van der Waals surface area contributed by atoms with Gasteiger partial charge in [0.15, 0.2) is 0 Å². The molecular weight excluding hydrogens is 653 g/mol. The Bertz CT molecular complexity index is 2200. The van der Waals surface area contributed by atoms with Crippen LogP contribution in [-0.4, -0.2) is 75.1 Å². The Hall–Kier alpha value is -5.24. The molecule has 0 bridgehead atoms. The number of rotatable bonds is 12. The molecule has 13 heteroatoms. The van der Waals surface area contributed by atoms with Crippen molar-refractivity contribution in [2.45, 2.75) is 44.0 Å². The number of carbonyl (C=O) groups is 1. The van der Waals surface area contributed by atoms with E-state index in [2.05, 4.69) is 61.7 Å². The number of fused-ring (bicyclic) bond motifs is 1.